The van der Waals surface area contributed by atoms with Crippen LogP contribution in [-0.2, 0) is 11.3 Å². The molecule has 3 heterocycles. The summed E-state index contributed by atoms with van der Waals surface area (Å²) in [5, 5.41) is 9.95. The number of benzene rings is 3. The Labute approximate surface area is 245 Å². The molecule has 1 fully saturated rings. The van der Waals surface area contributed by atoms with E-state index in [-0.39, 0.29) is 5.91 Å². The fourth-order valence-corrected chi connectivity index (χ4v) is 6.17. The maximum absolute atomic E-state index is 12.9. The second kappa shape index (κ2) is 12.8. The number of aryl methyl sites for hydroxylation is 1. The predicted octanol–water partition coefficient (Wildman–Crippen LogP) is 5.58. The Hall–Kier alpha value is -3.82. The first-order valence-electron chi connectivity index (χ1n) is 14.2. The zero-order valence-electron chi connectivity index (χ0n) is 23.4. The number of carbonyl (C=O) groups excluding carboxylic acids is 1. The van der Waals surface area contributed by atoms with Gasteiger partial charge in [-0.1, -0.05) is 65.9 Å². The first kappa shape index (κ1) is 27.4. The SMILES string of the molecule is Cc1ccc(-c2nnc(SCCCCC(=O)N3CCN(Cc4ccc5c(c4)OCO5)CC3)n2-c2ccccc2)cc1. The molecule has 1 saturated heterocycles. The van der Waals surface area contributed by atoms with E-state index < -0.39 is 0 Å². The second-order valence-electron chi connectivity index (χ2n) is 10.5. The molecule has 0 N–H and O–H groups in total. The van der Waals surface area contributed by atoms with Gasteiger partial charge in [-0.2, -0.15) is 0 Å². The fourth-order valence-electron chi connectivity index (χ4n) is 5.22. The van der Waals surface area contributed by atoms with Crippen molar-refractivity contribution in [1.29, 1.82) is 0 Å². The van der Waals surface area contributed by atoms with E-state index in [1.807, 2.05) is 29.2 Å². The van der Waals surface area contributed by atoms with Gasteiger partial charge in [0.05, 0.1) is 0 Å². The highest BCUT2D eigenvalue weighted by Gasteiger charge is 2.22. The number of aromatic nitrogens is 3. The standard InChI is InChI=1S/C32H35N5O3S/c1-24-10-13-26(14-11-24)31-33-34-32(37(31)27-7-3-2-4-8-27)41-20-6-5-9-30(38)36-18-16-35(17-19-36)22-25-12-15-28-29(21-25)40-23-39-28/h2-4,7-8,10-15,21H,5-6,9,16-20,22-23H2,1H3. The number of amides is 1. The Kier molecular flexibility index (Phi) is 8.53. The third kappa shape index (κ3) is 6.57. The number of fused-ring (bicyclic) bond motifs is 1. The summed E-state index contributed by atoms with van der Waals surface area (Å²) >= 11 is 1.70. The van der Waals surface area contributed by atoms with Gasteiger partial charge in [0.25, 0.3) is 0 Å². The lowest BCUT2D eigenvalue weighted by Gasteiger charge is -2.34. The van der Waals surface area contributed by atoms with Gasteiger partial charge >= 0.3 is 0 Å². The third-order valence-corrected chi connectivity index (χ3v) is 8.56. The minimum Gasteiger partial charge on any atom is -0.454 e. The number of piperazine rings is 1. The molecule has 0 unspecified atom stereocenters. The summed E-state index contributed by atoms with van der Waals surface area (Å²) in [7, 11) is 0. The number of carbonyl (C=O) groups is 1. The Morgan fingerprint density at radius 1 is 0.878 bits per heavy atom. The third-order valence-electron chi connectivity index (χ3n) is 7.54. The highest BCUT2D eigenvalue weighted by atomic mass is 32.2. The molecule has 2 aliphatic heterocycles. The number of ether oxygens (including phenoxy) is 2. The van der Waals surface area contributed by atoms with Crippen molar-refractivity contribution in [2.45, 2.75) is 37.9 Å². The van der Waals surface area contributed by atoms with Gasteiger partial charge in [-0.25, -0.2) is 0 Å². The van der Waals surface area contributed by atoms with E-state index in [2.05, 4.69) is 75.1 Å². The van der Waals surface area contributed by atoms with Crippen molar-refractivity contribution in [3.63, 3.8) is 0 Å². The summed E-state index contributed by atoms with van der Waals surface area (Å²) < 4.78 is 13.0. The Balaban J connectivity index is 0.966. The maximum Gasteiger partial charge on any atom is 0.231 e. The highest BCUT2D eigenvalue weighted by molar-refractivity contribution is 7.99. The minimum atomic E-state index is 0.256. The molecule has 3 aromatic carbocycles. The van der Waals surface area contributed by atoms with Gasteiger partial charge in [-0.3, -0.25) is 14.3 Å². The molecule has 41 heavy (non-hydrogen) atoms. The van der Waals surface area contributed by atoms with Crippen LogP contribution in [0.1, 0.15) is 30.4 Å². The van der Waals surface area contributed by atoms with Crippen molar-refractivity contribution in [1.82, 2.24) is 24.6 Å². The number of hydrogen-bond donors (Lipinski definition) is 0. The Bertz CT molecular complexity index is 1470. The van der Waals surface area contributed by atoms with Crippen LogP contribution in [0.15, 0.2) is 78.0 Å². The molecule has 0 aliphatic carbocycles. The molecule has 2 aliphatic rings. The quantitative estimate of drug-likeness (QED) is 0.182. The molecule has 0 atom stereocenters. The smallest absolute Gasteiger partial charge is 0.231 e. The summed E-state index contributed by atoms with van der Waals surface area (Å²) in [6.45, 7) is 6.56. The molecule has 1 aromatic heterocycles. The van der Waals surface area contributed by atoms with Gasteiger partial charge in [0.15, 0.2) is 22.5 Å². The maximum atomic E-state index is 12.9. The molecule has 1 amide bonds. The largest absolute Gasteiger partial charge is 0.454 e. The topological polar surface area (TPSA) is 72.7 Å². The number of hydrogen-bond acceptors (Lipinski definition) is 7. The molecular formula is C32H35N5O3S. The molecule has 0 bridgehead atoms. The van der Waals surface area contributed by atoms with Gasteiger partial charge < -0.3 is 14.4 Å². The number of unbranched alkanes of at least 4 members (excludes halogenated alkanes) is 1. The summed E-state index contributed by atoms with van der Waals surface area (Å²) in [4.78, 5) is 17.3. The lowest BCUT2D eigenvalue weighted by atomic mass is 10.1. The van der Waals surface area contributed by atoms with Gasteiger partial charge in [0.2, 0.25) is 12.7 Å². The van der Waals surface area contributed by atoms with Crippen LogP contribution >= 0.6 is 11.8 Å². The Morgan fingerprint density at radius 3 is 2.46 bits per heavy atom. The van der Waals surface area contributed by atoms with E-state index >= 15 is 0 Å². The van der Waals surface area contributed by atoms with Crippen LogP contribution in [-0.4, -0.2) is 69.2 Å². The van der Waals surface area contributed by atoms with Crippen LogP contribution in [0.5, 0.6) is 11.5 Å². The van der Waals surface area contributed by atoms with Crippen LogP contribution in [0.3, 0.4) is 0 Å². The van der Waals surface area contributed by atoms with Crippen molar-refractivity contribution in [3.05, 3.63) is 83.9 Å². The molecule has 0 spiro atoms. The minimum absolute atomic E-state index is 0.256. The number of nitrogens with zero attached hydrogens (tertiary/aromatic N) is 5. The molecule has 0 radical (unpaired) electrons. The van der Waals surface area contributed by atoms with E-state index in [1.54, 1.807) is 11.8 Å². The first-order chi connectivity index (χ1) is 20.1. The predicted molar refractivity (Wildman–Crippen MR) is 161 cm³/mol. The van der Waals surface area contributed by atoms with E-state index in [9.17, 15) is 4.79 Å². The van der Waals surface area contributed by atoms with Crippen LogP contribution in [0, 0.1) is 6.92 Å². The van der Waals surface area contributed by atoms with Crippen LogP contribution < -0.4 is 9.47 Å². The van der Waals surface area contributed by atoms with Crippen molar-refractivity contribution in [3.8, 4) is 28.6 Å². The van der Waals surface area contributed by atoms with E-state index in [4.69, 9.17) is 9.47 Å². The van der Waals surface area contributed by atoms with Gasteiger partial charge in [-0.15, -0.1) is 10.2 Å². The number of thioether (sulfide) groups is 1. The van der Waals surface area contributed by atoms with Crippen LogP contribution in [0.25, 0.3) is 17.1 Å². The van der Waals surface area contributed by atoms with E-state index in [1.165, 1.54) is 11.1 Å². The number of rotatable bonds is 10. The first-order valence-corrected chi connectivity index (χ1v) is 15.2. The van der Waals surface area contributed by atoms with Crippen molar-refractivity contribution in [2.24, 2.45) is 0 Å². The molecule has 212 valence electrons. The van der Waals surface area contributed by atoms with Gasteiger partial charge in [-0.05, 0) is 49.6 Å². The van der Waals surface area contributed by atoms with E-state index in [0.29, 0.717) is 13.2 Å². The van der Waals surface area contributed by atoms with Crippen LogP contribution in [0.2, 0.25) is 0 Å². The van der Waals surface area contributed by atoms with Crippen LogP contribution in [0.4, 0.5) is 0 Å². The summed E-state index contributed by atoms with van der Waals surface area (Å²) in [5.74, 6) is 3.61. The normalized spacial score (nSPS) is 14.9. The average molecular weight is 570 g/mol. The summed E-state index contributed by atoms with van der Waals surface area (Å²) in [5.41, 5.74) is 4.51. The molecule has 8 nitrogen and oxygen atoms in total. The van der Waals surface area contributed by atoms with Gasteiger partial charge in [0, 0.05) is 56.1 Å². The average Bonchev–Trinajstić information content (AvgIpc) is 3.65. The molecule has 6 rings (SSSR count). The monoisotopic (exact) mass is 569 g/mol. The second-order valence-corrected chi connectivity index (χ2v) is 11.6. The zero-order chi connectivity index (χ0) is 28.0. The summed E-state index contributed by atoms with van der Waals surface area (Å²) in [6.07, 6.45) is 2.40. The van der Waals surface area contributed by atoms with Crippen molar-refractivity contribution in [2.75, 3.05) is 38.7 Å². The highest BCUT2D eigenvalue weighted by Crippen LogP contribution is 2.33. The van der Waals surface area contributed by atoms with Crippen molar-refractivity contribution >= 4 is 17.7 Å². The molecule has 0 saturated carbocycles. The lowest BCUT2D eigenvalue weighted by molar-refractivity contribution is -0.133. The van der Waals surface area contributed by atoms with Gasteiger partial charge in [0.1, 0.15) is 0 Å². The lowest BCUT2D eigenvalue weighted by Crippen LogP contribution is -2.48. The zero-order valence-corrected chi connectivity index (χ0v) is 24.2. The number of para-hydroxylation sites is 1. The van der Waals surface area contributed by atoms with E-state index in [0.717, 1.165) is 85.0 Å². The van der Waals surface area contributed by atoms with Crippen molar-refractivity contribution < 1.29 is 14.3 Å². The molecule has 4 aromatic rings. The molecular weight excluding hydrogens is 534 g/mol. The Morgan fingerprint density at radius 2 is 1.66 bits per heavy atom. The fraction of sp³-hybridized carbons (Fsp3) is 0.344. The molecule has 9 heteroatoms. The summed E-state index contributed by atoms with van der Waals surface area (Å²) in [6, 6.07) is 24.8.